The van der Waals surface area contributed by atoms with Crippen molar-refractivity contribution in [1.82, 2.24) is 10.6 Å². The van der Waals surface area contributed by atoms with E-state index in [1.807, 2.05) is 0 Å². The number of primary amides is 1. The highest BCUT2D eigenvalue weighted by Crippen LogP contribution is 2.03. The van der Waals surface area contributed by atoms with Gasteiger partial charge in [-0.2, -0.15) is 0 Å². The Morgan fingerprint density at radius 2 is 2.27 bits per heavy atom. The Morgan fingerprint density at radius 3 is 2.80 bits per heavy atom. The smallest absolute Gasteiger partial charge is 0.243 e. The van der Waals surface area contributed by atoms with E-state index in [-0.39, 0.29) is 24.8 Å². The molecular weight excluding hydrogens is 200 g/mol. The average Bonchev–Trinajstić information content (AvgIpc) is 2.15. The van der Waals surface area contributed by atoms with Gasteiger partial charge in [-0.05, 0) is 6.42 Å². The van der Waals surface area contributed by atoms with Crippen molar-refractivity contribution in [3.63, 3.8) is 0 Å². The summed E-state index contributed by atoms with van der Waals surface area (Å²) in [5.74, 6) is -1.30. The Morgan fingerprint density at radius 1 is 1.60 bits per heavy atom. The molecule has 7 heteroatoms. The lowest BCUT2D eigenvalue weighted by atomic mass is 10.1. The van der Waals surface area contributed by atoms with E-state index in [2.05, 4.69) is 10.6 Å². The first kappa shape index (κ1) is 11.6. The summed E-state index contributed by atoms with van der Waals surface area (Å²) in [6.45, 7) is 0.127. The maximum absolute atomic E-state index is 11.2. The second-order valence-corrected chi connectivity index (χ2v) is 3.42. The third kappa shape index (κ3) is 3.30. The fourth-order valence-corrected chi connectivity index (χ4v) is 1.26. The number of amides is 3. The van der Waals surface area contributed by atoms with Gasteiger partial charge in [-0.15, -0.1) is 0 Å². The number of nitrogens with two attached hydrogens (primary N) is 2. The zero-order valence-corrected chi connectivity index (χ0v) is 8.16. The van der Waals surface area contributed by atoms with Crippen LogP contribution < -0.4 is 22.1 Å². The fourth-order valence-electron chi connectivity index (χ4n) is 1.26. The predicted molar refractivity (Wildman–Crippen MR) is 51.3 cm³/mol. The van der Waals surface area contributed by atoms with Crippen LogP contribution in [-0.4, -0.2) is 36.3 Å². The molecule has 0 bridgehead atoms. The van der Waals surface area contributed by atoms with Crippen molar-refractivity contribution in [2.24, 2.45) is 11.5 Å². The van der Waals surface area contributed by atoms with Crippen molar-refractivity contribution in [3.8, 4) is 0 Å². The van der Waals surface area contributed by atoms with Crippen LogP contribution in [0.2, 0.25) is 0 Å². The van der Waals surface area contributed by atoms with Crippen LogP contribution in [0, 0.1) is 0 Å². The number of hydrogen-bond acceptors (Lipinski definition) is 5. The van der Waals surface area contributed by atoms with Gasteiger partial charge in [0.05, 0.1) is 12.1 Å². The van der Waals surface area contributed by atoms with Gasteiger partial charge in [0, 0.05) is 13.0 Å². The highest BCUT2D eigenvalue weighted by Gasteiger charge is 2.26. The van der Waals surface area contributed by atoms with Crippen molar-refractivity contribution >= 4 is 17.7 Å². The van der Waals surface area contributed by atoms with E-state index < -0.39 is 18.0 Å². The monoisotopic (exact) mass is 214 g/mol. The fraction of sp³-hybridized carbons (Fsp3) is 0.625. The Kier molecular flexibility index (Phi) is 3.75. The van der Waals surface area contributed by atoms with Gasteiger partial charge in [0.2, 0.25) is 17.7 Å². The minimum atomic E-state index is -0.824. The van der Waals surface area contributed by atoms with Crippen LogP contribution in [0.3, 0.4) is 0 Å². The Labute approximate surface area is 86.6 Å². The molecule has 3 amide bonds. The van der Waals surface area contributed by atoms with Crippen molar-refractivity contribution in [2.75, 3.05) is 6.54 Å². The summed E-state index contributed by atoms with van der Waals surface area (Å²) in [4.78, 5) is 32.7. The summed E-state index contributed by atoms with van der Waals surface area (Å²) >= 11 is 0. The summed E-state index contributed by atoms with van der Waals surface area (Å²) in [5.41, 5.74) is 10.3. The minimum absolute atomic E-state index is 0.127. The molecule has 1 rings (SSSR count). The summed E-state index contributed by atoms with van der Waals surface area (Å²) in [6, 6.07) is -1.30. The second-order valence-electron chi connectivity index (χ2n) is 3.42. The van der Waals surface area contributed by atoms with Gasteiger partial charge in [0.1, 0.15) is 0 Å². The summed E-state index contributed by atoms with van der Waals surface area (Å²) in [7, 11) is 0. The molecule has 0 spiro atoms. The number of carbonyl (C=O) groups excluding carboxylic acids is 3. The maximum Gasteiger partial charge on any atom is 0.243 e. The lowest BCUT2D eigenvalue weighted by Gasteiger charge is -2.22. The molecule has 1 aliphatic heterocycles. The lowest BCUT2D eigenvalue weighted by Crippen LogP contribution is -2.54. The second kappa shape index (κ2) is 4.85. The number of imide groups is 1. The standard InChI is InChI=1S/C8H14N4O3/c9-4(7(10)14)3-11-5-1-2-6(13)12-8(5)15/h4-5,11H,1-3,9H2,(H2,10,14)(H,12,13,15). The first-order valence-corrected chi connectivity index (χ1v) is 4.62. The van der Waals surface area contributed by atoms with Gasteiger partial charge in [0.15, 0.2) is 0 Å². The Balaban J connectivity index is 2.36. The molecule has 0 aromatic heterocycles. The van der Waals surface area contributed by atoms with Crippen molar-refractivity contribution in [3.05, 3.63) is 0 Å². The SMILES string of the molecule is NC(=O)C(N)CNC1CCC(=O)NC1=O. The van der Waals surface area contributed by atoms with E-state index in [0.717, 1.165) is 0 Å². The van der Waals surface area contributed by atoms with E-state index in [0.29, 0.717) is 6.42 Å². The molecule has 2 atom stereocenters. The van der Waals surface area contributed by atoms with Crippen molar-refractivity contribution < 1.29 is 14.4 Å². The summed E-state index contributed by atoms with van der Waals surface area (Å²) in [5, 5.41) is 4.97. The first-order chi connectivity index (χ1) is 7.00. The molecule has 0 aliphatic carbocycles. The first-order valence-electron chi connectivity index (χ1n) is 4.62. The topological polar surface area (TPSA) is 127 Å². The highest BCUT2D eigenvalue weighted by molar-refractivity contribution is 6.00. The number of rotatable bonds is 4. The van der Waals surface area contributed by atoms with E-state index in [4.69, 9.17) is 11.5 Å². The quantitative estimate of drug-likeness (QED) is 0.376. The molecule has 0 saturated carbocycles. The molecule has 0 aromatic carbocycles. The lowest BCUT2D eigenvalue weighted by molar-refractivity contribution is -0.135. The van der Waals surface area contributed by atoms with Crippen LogP contribution in [0.15, 0.2) is 0 Å². The summed E-state index contributed by atoms with van der Waals surface area (Å²) < 4.78 is 0. The van der Waals surface area contributed by atoms with Crippen LogP contribution >= 0.6 is 0 Å². The van der Waals surface area contributed by atoms with Gasteiger partial charge < -0.3 is 16.8 Å². The minimum Gasteiger partial charge on any atom is -0.368 e. The van der Waals surface area contributed by atoms with Gasteiger partial charge in [-0.3, -0.25) is 19.7 Å². The molecule has 15 heavy (non-hydrogen) atoms. The maximum atomic E-state index is 11.2. The van der Waals surface area contributed by atoms with Crippen LogP contribution in [0.1, 0.15) is 12.8 Å². The Hall–Kier alpha value is -1.47. The molecular formula is C8H14N4O3. The average molecular weight is 214 g/mol. The molecule has 84 valence electrons. The molecule has 6 N–H and O–H groups in total. The van der Waals surface area contributed by atoms with Crippen LogP contribution in [-0.2, 0) is 14.4 Å². The summed E-state index contributed by atoms with van der Waals surface area (Å²) in [6.07, 6.45) is 0.700. The third-order valence-electron chi connectivity index (χ3n) is 2.19. The number of carbonyl (C=O) groups is 3. The molecule has 1 saturated heterocycles. The molecule has 0 radical (unpaired) electrons. The molecule has 1 heterocycles. The van der Waals surface area contributed by atoms with Crippen LogP contribution in [0.5, 0.6) is 0 Å². The third-order valence-corrected chi connectivity index (χ3v) is 2.19. The van der Waals surface area contributed by atoms with E-state index in [1.54, 1.807) is 0 Å². The Bertz CT molecular complexity index is 292. The van der Waals surface area contributed by atoms with Crippen molar-refractivity contribution in [2.45, 2.75) is 24.9 Å². The van der Waals surface area contributed by atoms with Gasteiger partial charge in [0.25, 0.3) is 0 Å². The number of hydrogen-bond donors (Lipinski definition) is 4. The predicted octanol–water partition coefficient (Wildman–Crippen LogP) is -2.81. The zero-order valence-electron chi connectivity index (χ0n) is 8.16. The largest absolute Gasteiger partial charge is 0.368 e. The van der Waals surface area contributed by atoms with Gasteiger partial charge in [-0.25, -0.2) is 0 Å². The van der Waals surface area contributed by atoms with Crippen LogP contribution in [0.4, 0.5) is 0 Å². The van der Waals surface area contributed by atoms with Crippen LogP contribution in [0.25, 0.3) is 0 Å². The highest BCUT2D eigenvalue weighted by atomic mass is 16.2. The van der Waals surface area contributed by atoms with E-state index in [1.165, 1.54) is 0 Å². The van der Waals surface area contributed by atoms with Gasteiger partial charge >= 0.3 is 0 Å². The normalized spacial score (nSPS) is 23.4. The molecule has 7 nitrogen and oxygen atoms in total. The van der Waals surface area contributed by atoms with Gasteiger partial charge in [-0.1, -0.05) is 0 Å². The molecule has 1 aliphatic rings. The van der Waals surface area contributed by atoms with E-state index in [9.17, 15) is 14.4 Å². The number of nitrogens with one attached hydrogen (secondary N) is 2. The van der Waals surface area contributed by atoms with Crippen molar-refractivity contribution in [1.29, 1.82) is 0 Å². The van der Waals surface area contributed by atoms with E-state index >= 15 is 0 Å². The molecule has 2 unspecified atom stereocenters. The molecule has 0 aromatic rings. The molecule has 1 fully saturated rings. The zero-order chi connectivity index (χ0) is 11.4. The number of piperidine rings is 1.